The molecule has 5 amide bonds. The molecular formula is C33H34ClN3O9. The van der Waals surface area contributed by atoms with Crippen LogP contribution >= 0.6 is 11.6 Å². The van der Waals surface area contributed by atoms with Gasteiger partial charge in [-0.15, -0.1) is 5.01 Å². The van der Waals surface area contributed by atoms with E-state index < -0.39 is 47.7 Å². The minimum absolute atomic E-state index is 0.0634. The van der Waals surface area contributed by atoms with Crippen LogP contribution in [0.25, 0.3) is 0 Å². The van der Waals surface area contributed by atoms with Crippen LogP contribution in [0.15, 0.2) is 84.9 Å². The quantitative estimate of drug-likeness (QED) is 0.167. The standard InChI is InChI=1S/C33H34ClN3O9/c1-6-26(38)45-30(29(41)35(5)31(42)44-21-22-13-9-7-10-14-22)46-32(43)36(27(39)24-17-19-25(34)20-18-24)37(33(2,3)4)28(40)23-15-11-8-12-16-23/h7-20,30H,6,21H2,1-5H3. The third kappa shape index (κ3) is 9.14. The summed E-state index contributed by atoms with van der Waals surface area (Å²) >= 11 is 5.99. The fraction of sp³-hybridized carbons (Fsp3) is 0.273. The van der Waals surface area contributed by atoms with Gasteiger partial charge in [0.25, 0.3) is 11.8 Å². The second-order valence-electron chi connectivity index (χ2n) is 10.8. The van der Waals surface area contributed by atoms with Crippen molar-refractivity contribution in [1.29, 1.82) is 0 Å². The summed E-state index contributed by atoms with van der Waals surface area (Å²) in [6, 6.07) is 22.0. The van der Waals surface area contributed by atoms with E-state index in [9.17, 15) is 28.8 Å². The van der Waals surface area contributed by atoms with Gasteiger partial charge in [0.1, 0.15) is 6.61 Å². The fourth-order valence-corrected chi connectivity index (χ4v) is 4.03. The number of ether oxygens (including phenoxy) is 3. The number of hydrazine groups is 1. The maximum atomic E-state index is 13.9. The van der Waals surface area contributed by atoms with E-state index in [4.69, 9.17) is 25.8 Å². The lowest BCUT2D eigenvalue weighted by Crippen LogP contribution is -2.61. The van der Waals surface area contributed by atoms with Crippen molar-refractivity contribution in [3.05, 3.63) is 107 Å². The Morgan fingerprint density at radius 1 is 0.739 bits per heavy atom. The molecule has 1 unspecified atom stereocenters. The second kappa shape index (κ2) is 15.7. The molecule has 0 fully saturated rings. The minimum atomic E-state index is -2.33. The van der Waals surface area contributed by atoms with Crippen molar-refractivity contribution < 1.29 is 43.0 Å². The summed E-state index contributed by atoms with van der Waals surface area (Å²) in [5.74, 6) is -4.03. The number of hydrogen-bond donors (Lipinski definition) is 0. The smallest absolute Gasteiger partial charge is 0.440 e. The van der Waals surface area contributed by atoms with Crippen LogP contribution in [0.1, 0.15) is 60.4 Å². The average Bonchev–Trinajstić information content (AvgIpc) is 3.04. The van der Waals surface area contributed by atoms with E-state index in [1.54, 1.807) is 69.3 Å². The minimum Gasteiger partial charge on any atom is -0.444 e. The van der Waals surface area contributed by atoms with Gasteiger partial charge in [-0.3, -0.25) is 19.2 Å². The van der Waals surface area contributed by atoms with Crippen LogP contribution in [0.2, 0.25) is 5.02 Å². The van der Waals surface area contributed by atoms with E-state index in [1.807, 2.05) is 0 Å². The van der Waals surface area contributed by atoms with E-state index in [-0.39, 0.29) is 24.2 Å². The van der Waals surface area contributed by atoms with Gasteiger partial charge in [0.05, 0.1) is 5.54 Å². The van der Waals surface area contributed by atoms with Crippen molar-refractivity contribution in [3.8, 4) is 0 Å². The molecule has 0 aromatic heterocycles. The SMILES string of the molecule is CCC(=O)OC(OC(=O)N(C(=O)c1ccc(Cl)cc1)N(C(=O)c1ccccc1)C(C)(C)C)C(=O)N(C)C(=O)OCc1ccccc1. The monoisotopic (exact) mass is 651 g/mol. The molecular weight excluding hydrogens is 618 g/mol. The van der Waals surface area contributed by atoms with E-state index in [0.29, 0.717) is 20.5 Å². The van der Waals surface area contributed by atoms with Crippen LogP contribution in [0.4, 0.5) is 9.59 Å². The van der Waals surface area contributed by atoms with Gasteiger partial charge in [0.15, 0.2) is 0 Å². The first-order chi connectivity index (χ1) is 21.7. The third-order valence-electron chi connectivity index (χ3n) is 6.25. The Kier molecular flexibility index (Phi) is 12.0. The third-order valence-corrected chi connectivity index (χ3v) is 6.50. The highest BCUT2D eigenvalue weighted by Crippen LogP contribution is 2.25. The summed E-state index contributed by atoms with van der Waals surface area (Å²) in [5, 5.41) is 1.58. The fourth-order valence-electron chi connectivity index (χ4n) is 3.90. The normalized spacial score (nSPS) is 11.4. The van der Waals surface area contributed by atoms with Crippen LogP contribution in [-0.2, 0) is 30.4 Å². The molecule has 1 atom stereocenters. The first kappa shape index (κ1) is 35.3. The lowest BCUT2D eigenvalue weighted by Gasteiger charge is -2.41. The van der Waals surface area contributed by atoms with Gasteiger partial charge in [-0.2, -0.15) is 0 Å². The maximum Gasteiger partial charge on any atom is 0.440 e. The summed E-state index contributed by atoms with van der Waals surface area (Å²) in [6.45, 7) is 5.96. The average molecular weight is 652 g/mol. The molecule has 0 N–H and O–H groups in total. The van der Waals surface area contributed by atoms with Crippen LogP contribution in [-0.4, -0.2) is 69.7 Å². The first-order valence-corrected chi connectivity index (χ1v) is 14.5. The molecule has 242 valence electrons. The molecule has 0 aliphatic carbocycles. The number of hydrogen-bond acceptors (Lipinski definition) is 9. The highest BCUT2D eigenvalue weighted by Gasteiger charge is 2.43. The van der Waals surface area contributed by atoms with Gasteiger partial charge in [0, 0.05) is 29.6 Å². The molecule has 0 aliphatic heterocycles. The molecule has 0 heterocycles. The molecule has 3 rings (SSSR count). The van der Waals surface area contributed by atoms with Crippen molar-refractivity contribution in [2.75, 3.05) is 7.05 Å². The Balaban J connectivity index is 2.00. The number of amides is 5. The van der Waals surface area contributed by atoms with Crippen LogP contribution in [0, 0.1) is 0 Å². The van der Waals surface area contributed by atoms with E-state index in [1.165, 1.54) is 43.3 Å². The highest BCUT2D eigenvalue weighted by atomic mass is 35.5. The van der Waals surface area contributed by atoms with Crippen LogP contribution < -0.4 is 0 Å². The lowest BCUT2D eigenvalue weighted by molar-refractivity contribution is -0.183. The molecule has 0 radical (unpaired) electrons. The van der Waals surface area contributed by atoms with Gasteiger partial charge in [-0.05, 0) is 62.7 Å². The number of esters is 1. The van der Waals surface area contributed by atoms with Crippen LogP contribution in [0.5, 0.6) is 0 Å². The van der Waals surface area contributed by atoms with Gasteiger partial charge >= 0.3 is 30.4 Å². The molecule has 0 saturated carbocycles. The zero-order valence-corrected chi connectivity index (χ0v) is 26.7. The van der Waals surface area contributed by atoms with Crippen LogP contribution in [0.3, 0.4) is 0 Å². The number of halogens is 1. The highest BCUT2D eigenvalue weighted by molar-refractivity contribution is 6.30. The summed E-state index contributed by atoms with van der Waals surface area (Å²) in [6.07, 6.45) is -5.24. The van der Waals surface area contributed by atoms with E-state index >= 15 is 0 Å². The Hall–Kier alpha value is -5.23. The van der Waals surface area contributed by atoms with Crippen molar-refractivity contribution in [3.63, 3.8) is 0 Å². The van der Waals surface area contributed by atoms with E-state index in [2.05, 4.69) is 0 Å². The number of rotatable bonds is 8. The topological polar surface area (TPSA) is 140 Å². The van der Waals surface area contributed by atoms with Gasteiger partial charge in [-0.25, -0.2) is 19.5 Å². The molecule has 13 heteroatoms. The molecule has 12 nitrogen and oxygen atoms in total. The number of nitrogens with zero attached hydrogens (tertiary/aromatic N) is 3. The lowest BCUT2D eigenvalue weighted by atomic mass is 10.1. The van der Waals surface area contributed by atoms with Crippen molar-refractivity contribution in [2.45, 2.75) is 52.6 Å². The molecule has 3 aromatic carbocycles. The zero-order chi connectivity index (χ0) is 34.0. The molecule has 3 aromatic rings. The maximum absolute atomic E-state index is 13.9. The summed E-state index contributed by atoms with van der Waals surface area (Å²) < 4.78 is 15.6. The van der Waals surface area contributed by atoms with Crippen molar-refractivity contribution >= 4 is 47.5 Å². The Bertz CT molecular complexity index is 1560. The number of imide groups is 2. The summed E-state index contributed by atoms with van der Waals surface area (Å²) in [5.41, 5.74) is -0.526. The molecule has 0 bridgehead atoms. The molecule has 0 aliphatic rings. The molecule has 0 spiro atoms. The Labute approximate surface area is 271 Å². The van der Waals surface area contributed by atoms with Crippen molar-refractivity contribution in [1.82, 2.24) is 14.9 Å². The van der Waals surface area contributed by atoms with E-state index in [0.717, 1.165) is 12.1 Å². The first-order valence-electron chi connectivity index (χ1n) is 14.1. The largest absolute Gasteiger partial charge is 0.444 e. The van der Waals surface area contributed by atoms with Gasteiger partial charge in [0.2, 0.25) is 0 Å². The van der Waals surface area contributed by atoms with Crippen molar-refractivity contribution in [2.24, 2.45) is 0 Å². The predicted molar refractivity (Wildman–Crippen MR) is 166 cm³/mol. The van der Waals surface area contributed by atoms with Gasteiger partial charge in [-0.1, -0.05) is 67.1 Å². The molecule has 0 saturated heterocycles. The summed E-state index contributed by atoms with van der Waals surface area (Å²) in [4.78, 5) is 80.5. The van der Waals surface area contributed by atoms with Gasteiger partial charge < -0.3 is 14.2 Å². The second-order valence-corrected chi connectivity index (χ2v) is 11.2. The zero-order valence-electron chi connectivity index (χ0n) is 26.0. The predicted octanol–water partition coefficient (Wildman–Crippen LogP) is 5.85. The Morgan fingerprint density at radius 3 is 1.83 bits per heavy atom. The number of benzene rings is 3. The number of likely N-dealkylation sites (N-methyl/N-ethyl adjacent to an activating group) is 1. The number of carbonyl (C=O) groups excluding carboxylic acids is 6. The molecule has 46 heavy (non-hydrogen) atoms. The Morgan fingerprint density at radius 2 is 1.28 bits per heavy atom. The summed E-state index contributed by atoms with van der Waals surface area (Å²) in [7, 11) is 1.04. The number of carbonyl (C=O) groups is 6.